The van der Waals surface area contributed by atoms with Crippen LogP contribution in [0.4, 0.5) is 18.9 Å². The highest BCUT2D eigenvalue weighted by atomic mass is 32.1. The maximum Gasteiger partial charge on any atom is 0.265 e. The first-order chi connectivity index (χ1) is 14.7. The van der Waals surface area contributed by atoms with Crippen LogP contribution in [0.5, 0.6) is 0 Å². The van der Waals surface area contributed by atoms with Gasteiger partial charge < -0.3 is 5.32 Å². The fraction of sp³-hybridized carbons (Fsp3) is 0.174. The lowest BCUT2D eigenvalue weighted by atomic mass is 9.87. The number of nitrogens with zero attached hydrogens (tertiary/aromatic N) is 1. The summed E-state index contributed by atoms with van der Waals surface area (Å²) < 4.78 is 42.1. The molecule has 0 fully saturated rings. The van der Waals surface area contributed by atoms with E-state index in [0.717, 1.165) is 23.5 Å². The molecule has 0 radical (unpaired) electrons. The summed E-state index contributed by atoms with van der Waals surface area (Å²) in [7, 11) is 0. The Kier molecular flexibility index (Phi) is 5.26. The van der Waals surface area contributed by atoms with Crippen molar-refractivity contribution in [2.45, 2.75) is 13.8 Å². The van der Waals surface area contributed by atoms with E-state index in [9.17, 15) is 22.8 Å². The van der Waals surface area contributed by atoms with Gasteiger partial charge in [-0.05, 0) is 42.5 Å². The fourth-order valence-electron chi connectivity index (χ4n) is 3.22. The monoisotopic (exact) mass is 442 g/mol. The summed E-state index contributed by atoms with van der Waals surface area (Å²) >= 11 is 0.969. The van der Waals surface area contributed by atoms with E-state index in [4.69, 9.17) is 0 Å². The quantitative estimate of drug-likeness (QED) is 0.582. The van der Waals surface area contributed by atoms with E-state index in [1.54, 1.807) is 19.9 Å². The van der Waals surface area contributed by atoms with Crippen molar-refractivity contribution in [1.29, 1.82) is 0 Å². The second-order valence-corrected chi connectivity index (χ2v) is 8.87. The van der Waals surface area contributed by atoms with Crippen LogP contribution in [-0.2, 0) is 4.79 Å². The van der Waals surface area contributed by atoms with E-state index in [1.165, 1.54) is 30.3 Å². The minimum absolute atomic E-state index is 0.108. The average Bonchev–Trinajstić information content (AvgIpc) is 3.31. The molecule has 1 aliphatic rings. The van der Waals surface area contributed by atoms with Gasteiger partial charge >= 0.3 is 0 Å². The van der Waals surface area contributed by atoms with Gasteiger partial charge in [0.25, 0.3) is 5.91 Å². The zero-order chi connectivity index (χ0) is 22.3. The maximum atomic E-state index is 14.5. The lowest BCUT2D eigenvalue weighted by molar-refractivity contribution is -0.118. The smallest absolute Gasteiger partial charge is 0.265 e. The van der Waals surface area contributed by atoms with E-state index in [-0.39, 0.29) is 16.2 Å². The minimum Gasteiger partial charge on any atom is -0.316 e. The molecule has 1 aliphatic heterocycles. The molecule has 2 aromatic carbocycles. The Morgan fingerprint density at radius 3 is 2.39 bits per heavy atom. The van der Waals surface area contributed by atoms with Crippen LogP contribution in [-0.4, -0.2) is 23.9 Å². The van der Waals surface area contributed by atoms with Crippen molar-refractivity contribution < 1.29 is 22.8 Å². The van der Waals surface area contributed by atoms with Crippen molar-refractivity contribution in [3.05, 3.63) is 76.4 Å². The van der Waals surface area contributed by atoms with Crippen LogP contribution in [0.2, 0.25) is 0 Å². The van der Waals surface area contributed by atoms with E-state index < -0.39 is 34.5 Å². The number of halogens is 3. The second-order valence-electron chi connectivity index (χ2n) is 7.79. The van der Waals surface area contributed by atoms with E-state index in [1.807, 2.05) is 0 Å². The van der Waals surface area contributed by atoms with Crippen LogP contribution in [0.3, 0.4) is 0 Å². The molecule has 0 aliphatic carbocycles. The van der Waals surface area contributed by atoms with Crippen molar-refractivity contribution in [3.63, 3.8) is 0 Å². The van der Waals surface area contributed by atoms with Crippen molar-refractivity contribution in [2.75, 3.05) is 11.9 Å². The number of ketones is 1. The Bertz CT molecular complexity index is 1230. The molecule has 0 unspecified atom stereocenters. The molecule has 4 nitrogen and oxygen atoms in total. The molecule has 1 amide bonds. The van der Waals surface area contributed by atoms with Crippen LogP contribution in [0, 0.1) is 22.9 Å². The van der Waals surface area contributed by atoms with Gasteiger partial charge in [-0.1, -0.05) is 19.9 Å². The Morgan fingerprint density at radius 1 is 1.03 bits per heavy atom. The molecule has 0 bridgehead atoms. The molecule has 0 atom stereocenters. The number of rotatable bonds is 4. The van der Waals surface area contributed by atoms with Gasteiger partial charge in [0.1, 0.15) is 28.9 Å². The number of carbonyl (C=O) groups excluding carboxylic acids is 2. The second kappa shape index (κ2) is 7.77. The Labute approximate surface area is 180 Å². The third-order valence-electron chi connectivity index (χ3n) is 5.00. The van der Waals surface area contributed by atoms with Gasteiger partial charge in [-0.15, -0.1) is 11.3 Å². The molecule has 0 saturated carbocycles. The number of aliphatic imine (C=N–C) groups is 1. The summed E-state index contributed by atoms with van der Waals surface area (Å²) in [6.07, 6.45) is 0. The first-order valence-corrected chi connectivity index (χ1v) is 10.2. The first kappa shape index (κ1) is 21.0. The van der Waals surface area contributed by atoms with Gasteiger partial charge in [0.2, 0.25) is 0 Å². The number of anilines is 1. The molecule has 31 heavy (non-hydrogen) atoms. The lowest BCUT2D eigenvalue weighted by Gasteiger charge is -2.13. The highest BCUT2D eigenvalue weighted by Gasteiger charge is 2.37. The van der Waals surface area contributed by atoms with Crippen LogP contribution in [0.1, 0.15) is 29.1 Å². The number of Topliss-reactive ketones (excluding diaryl/α,β-unsaturated/α-hetero) is 1. The van der Waals surface area contributed by atoms with Gasteiger partial charge in [-0.3, -0.25) is 14.6 Å². The van der Waals surface area contributed by atoms with Crippen molar-refractivity contribution in [3.8, 4) is 10.4 Å². The number of para-hydroxylation sites is 1. The van der Waals surface area contributed by atoms with Crippen molar-refractivity contribution in [1.82, 2.24) is 0 Å². The summed E-state index contributed by atoms with van der Waals surface area (Å²) in [5, 5.41) is 2.21. The maximum absolute atomic E-state index is 14.5. The molecule has 2 heterocycles. The summed E-state index contributed by atoms with van der Waals surface area (Å²) in [6.45, 7) is 3.97. The number of carbonyl (C=O) groups is 2. The third-order valence-corrected chi connectivity index (χ3v) is 6.12. The Hall–Kier alpha value is -3.26. The van der Waals surface area contributed by atoms with Gasteiger partial charge in [-0.2, -0.15) is 0 Å². The predicted octanol–water partition coefficient (Wildman–Crippen LogP) is 5.48. The van der Waals surface area contributed by atoms with Crippen LogP contribution in [0.15, 0.2) is 53.5 Å². The molecule has 8 heteroatoms. The molecule has 1 aromatic heterocycles. The number of nitrogens with one attached hydrogen (secondary N) is 1. The van der Waals surface area contributed by atoms with Crippen molar-refractivity contribution in [2.24, 2.45) is 10.4 Å². The summed E-state index contributed by atoms with van der Waals surface area (Å²) in [6, 6.07) is 10.5. The number of thiophene rings is 1. The fourth-order valence-corrected chi connectivity index (χ4v) is 4.14. The molecule has 0 spiro atoms. The zero-order valence-electron chi connectivity index (χ0n) is 16.6. The molecule has 158 valence electrons. The van der Waals surface area contributed by atoms with E-state index >= 15 is 0 Å². The standard InChI is InChI=1S/C23H17F3N2O2S/c1-23(2)11-27-19(21(23)29)12-6-7-14(24)13(10-12)17-8-9-18(31-17)22(30)28-20-15(25)4-3-5-16(20)26/h3-10H,11H2,1-2H3,(H,28,30). The van der Waals surface area contributed by atoms with E-state index in [0.29, 0.717) is 22.7 Å². The lowest BCUT2D eigenvalue weighted by Crippen LogP contribution is -2.27. The molecule has 0 saturated heterocycles. The van der Waals surface area contributed by atoms with E-state index in [2.05, 4.69) is 10.3 Å². The molecule has 3 aromatic rings. The zero-order valence-corrected chi connectivity index (χ0v) is 17.4. The average molecular weight is 442 g/mol. The minimum atomic E-state index is -0.895. The van der Waals surface area contributed by atoms with Gasteiger partial charge in [0.05, 0.1) is 11.4 Å². The first-order valence-electron chi connectivity index (χ1n) is 9.42. The summed E-state index contributed by atoms with van der Waals surface area (Å²) in [5.74, 6) is -3.14. The predicted molar refractivity (Wildman–Crippen MR) is 114 cm³/mol. The topological polar surface area (TPSA) is 58.5 Å². The van der Waals surface area contributed by atoms with Crippen LogP contribution < -0.4 is 5.32 Å². The molecule has 4 rings (SSSR count). The van der Waals surface area contributed by atoms with Gasteiger partial charge in [0.15, 0.2) is 5.78 Å². The van der Waals surface area contributed by atoms with Crippen molar-refractivity contribution >= 4 is 34.4 Å². The summed E-state index contributed by atoms with van der Waals surface area (Å²) in [5.41, 5.74) is -0.134. The highest BCUT2D eigenvalue weighted by molar-refractivity contribution is 7.17. The number of benzene rings is 2. The number of hydrogen-bond acceptors (Lipinski definition) is 4. The number of amides is 1. The third kappa shape index (κ3) is 3.90. The van der Waals surface area contributed by atoms with Crippen LogP contribution in [0.25, 0.3) is 10.4 Å². The van der Waals surface area contributed by atoms with Gasteiger partial charge in [-0.25, -0.2) is 13.2 Å². The Balaban J connectivity index is 1.62. The molecular weight excluding hydrogens is 425 g/mol. The normalized spacial score (nSPS) is 15.1. The Morgan fingerprint density at radius 2 is 1.74 bits per heavy atom. The summed E-state index contributed by atoms with van der Waals surface area (Å²) in [4.78, 5) is 29.9. The SMILES string of the molecule is CC1(C)CN=C(c2ccc(F)c(-c3ccc(C(=O)Nc4c(F)cccc4F)s3)c2)C1=O. The molecule has 1 N–H and O–H groups in total. The number of hydrogen-bond donors (Lipinski definition) is 1. The highest BCUT2D eigenvalue weighted by Crippen LogP contribution is 2.33. The van der Waals surface area contributed by atoms with Crippen LogP contribution >= 0.6 is 11.3 Å². The van der Waals surface area contributed by atoms with Gasteiger partial charge in [0, 0.05) is 21.4 Å². The molecular formula is C23H17F3N2O2S. The largest absolute Gasteiger partial charge is 0.316 e.